The highest BCUT2D eigenvalue weighted by Gasteiger charge is 1.87. The van der Waals surface area contributed by atoms with Crippen LogP contribution in [0.3, 0.4) is 0 Å². The molecule has 0 amide bonds. The van der Waals surface area contributed by atoms with Gasteiger partial charge in [-0.2, -0.15) is 0 Å². The summed E-state index contributed by atoms with van der Waals surface area (Å²) in [5.41, 5.74) is 2.43. The highest BCUT2D eigenvalue weighted by Crippen LogP contribution is 1.98. The molecule has 0 bridgehead atoms. The lowest BCUT2D eigenvalue weighted by Crippen LogP contribution is -2.10. The van der Waals surface area contributed by atoms with Crippen molar-refractivity contribution in [2.45, 2.75) is 76.2 Å². The minimum atomic E-state index is 0.983. The van der Waals surface area contributed by atoms with Gasteiger partial charge in [0.25, 0.3) is 0 Å². The van der Waals surface area contributed by atoms with Gasteiger partial charge in [-0.15, -0.1) is 0 Å². The molecule has 0 saturated carbocycles. The van der Waals surface area contributed by atoms with E-state index in [1.165, 1.54) is 11.3 Å². The fraction of sp³-hybridized carbons (Fsp3) is 0.750. The fourth-order valence-electron chi connectivity index (χ4n) is 0.558. The first kappa shape index (κ1) is 29.9. The summed E-state index contributed by atoms with van der Waals surface area (Å²) < 4.78 is 0. The van der Waals surface area contributed by atoms with Crippen molar-refractivity contribution >= 4 is 0 Å². The Morgan fingerprint density at radius 3 is 1.35 bits per heavy atom. The Hall–Kier alpha value is -0.720. The van der Waals surface area contributed by atoms with Crippen molar-refractivity contribution in [3.63, 3.8) is 0 Å². The largest absolute Gasteiger partial charge is 0.389 e. The summed E-state index contributed by atoms with van der Waals surface area (Å²) in [5, 5.41) is 3.20. The number of hydrogen-bond acceptors (Lipinski definition) is 1. The Morgan fingerprint density at radius 2 is 1.18 bits per heavy atom. The quantitative estimate of drug-likeness (QED) is 0.585. The summed E-state index contributed by atoms with van der Waals surface area (Å²) in [6.07, 6.45) is 1.86. The van der Waals surface area contributed by atoms with Crippen LogP contribution in [0.15, 0.2) is 23.9 Å². The van der Waals surface area contributed by atoms with Crippen molar-refractivity contribution < 1.29 is 0 Å². The van der Waals surface area contributed by atoms with E-state index in [0.717, 1.165) is 6.54 Å². The van der Waals surface area contributed by atoms with Gasteiger partial charge in [0.15, 0.2) is 0 Å². The summed E-state index contributed by atoms with van der Waals surface area (Å²) >= 11 is 0. The van der Waals surface area contributed by atoms with Crippen LogP contribution >= 0.6 is 0 Å². The maximum absolute atomic E-state index is 3.67. The molecule has 1 nitrogen and oxygen atoms in total. The molecule has 0 unspecified atom stereocenters. The van der Waals surface area contributed by atoms with Crippen LogP contribution in [-0.2, 0) is 0 Å². The van der Waals surface area contributed by atoms with E-state index in [9.17, 15) is 0 Å². The average molecular weight is 245 g/mol. The Balaban J connectivity index is -0.0000000507. The molecule has 0 aliphatic rings. The molecule has 0 spiro atoms. The normalized spacial score (nSPS) is 7.94. The molecule has 0 rings (SSSR count). The topological polar surface area (TPSA) is 12.0 Å². The molecule has 0 aromatic heterocycles. The Morgan fingerprint density at radius 1 is 0.882 bits per heavy atom. The molecule has 108 valence electrons. The second-order valence-corrected chi connectivity index (χ2v) is 2.04. The summed E-state index contributed by atoms with van der Waals surface area (Å²) in [4.78, 5) is 0. The molecule has 0 fully saturated rings. The lowest BCUT2D eigenvalue weighted by Gasteiger charge is -2.03. The Kier molecular flexibility index (Phi) is 79.9. The van der Waals surface area contributed by atoms with Crippen molar-refractivity contribution in [2.75, 3.05) is 6.54 Å². The average Bonchev–Trinajstić information content (AvgIpc) is 2.47. The number of allylic oxidation sites excluding steroid dienone is 3. The van der Waals surface area contributed by atoms with Crippen molar-refractivity contribution in [3.8, 4) is 0 Å². The van der Waals surface area contributed by atoms with E-state index in [4.69, 9.17) is 0 Å². The molecule has 1 N–H and O–H groups in total. The first-order valence-corrected chi connectivity index (χ1v) is 7.26. The third-order valence-corrected chi connectivity index (χ3v) is 1.34. The van der Waals surface area contributed by atoms with Crippen LogP contribution in [0.2, 0.25) is 0 Å². The maximum atomic E-state index is 3.67. The highest BCUT2D eigenvalue weighted by molar-refractivity contribution is 5.18. The molecule has 1 heteroatoms. The molecular weight excluding hydrogens is 206 g/mol. The van der Waals surface area contributed by atoms with E-state index in [1.807, 2.05) is 68.4 Å². The fourth-order valence-corrected chi connectivity index (χ4v) is 0.558. The highest BCUT2D eigenvalue weighted by atomic mass is 14.9. The molecular formula is C16H39N. The molecule has 0 aliphatic carbocycles. The van der Waals surface area contributed by atoms with Crippen molar-refractivity contribution in [2.24, 2.45) is 0 Å². The van der Waals surface area contributed by atoms with E-state index >= 15 is 0 Å². The zero-order valence-corrected chi connectivity index (χ0v) is 14.5. The molecule has 0 aromatic carbocycles. The van der Waals surface area contributed by atoms with Gasteiger partial charge in [0.1, 0.15) is 0 Å². The van der Waals surface area contributed by atoms with Crippen molar-refractivity contribution in [1.29, 1.82) is 0 Å². The van der Waals surface area contributed by atoms with E-state index in [-0.39, 0.29) is 0 Å². The van der Waals surface area contributed by atoms with Gasteiger partial charge in [-0.1, -0.05) is 68.0 Å². The van der Waals surface area contributed by atoms with Gasteiger partial charge in [0.2, 0.25) is 0 Å². The van der Waals surface area contributed by atoms with Gasteiger partial charge < -0.3 is 5.32 Å². The molecule has 0 heterocycles. The van der Waals surface area contributed by atoms with Crippen LogP contribution in [0.1, 0.15) is 76.2 Å². The first-order chi connectivity index (χ1) is 8.22. The van der Waals surface area contributed by atoms with E-state index in [1.54, 1.807) is 0 Å². The second-order valence-electron chi connectivity index (χ2n) is 2.04. The third-order valence-electron chi connectivity index (χ3n) is 1.34. The molecule has 0 aliphatic heterocycles. The van der Waals surface area contributed by atoms with Gasteiger partial charge in [0.05, 0.1) is 0 Å². The second kappa shape index (κ2) is 45.4. The zero-order chi connectivity index (χ0) is 15.3. The molecule has 0 saturated heterocycles. The van der Waals surface area contributed by atoms with E-state index in [0.29, 0.717) is 0 Å². The lowest BCUT2D eigenvalue weighted by molar-refractivity contribution is 0.844. The number of nitrogens with one attached hydrogen (secondary N) is 1. The Bertz CT molecular complexity index is 123. The Labute approximate surface area is 112 Å². The zero-order valence-electron chi connectivity index (χ0n) is 14.5. The van der Waals surface area contributed by atoms with Crippen LogP contribution in [0, 0.1) is 0 Å². The summed E-state index contributed by atoms with van der Waals surface area (Å²) in [7, 11) is 0. The lowest BCUT2D eigenvalue weighted by atomic mass is 10.2. The summed E-state index contributed by atoms with van der Waals surface area (Å²) in [6.45, 7) is 26.8. The van der Waals surface area contributed by atoms with Crippen LogP contribution in [0.25, 0.3) is 0 Å². The van der Waals surface area contributed by atoms with Gasteiger partial charge in [-0.25, -0.2) is 0 Å². The molecule has 0 radical (unpaired) electrons. The monoisotopic (exact) mass is 245 g/mol. The molecule has 0 atom stereocenters. The standard InChI is InChI=1S/C8H15N.4C2H6/c1-5-7(3)8(4)9-6-2;4*1-2/h5,9H,1,6H2,2-4H3;4*1-2H3/b8-7+;;;;. The van der Waals surface area contributed by atoms with Crippen molar-refractivity contribution in [3.05, 3.63) is 23.9 Å². The first-order valence-electron chi connectivity index (χ1n) is 7.26. The van der Waals surface area contributed by atoms with Gasteiger partial charge in [-0.3, -0.25) is 0 Å². The SMILES string of the molecule is C=C/C(C)=C(\C)NCC.CC.CC.CC.CC. The molecule has 17 heavy (non-hydrogen) atoms. The van der Waals surface area contributed by atoms with Gasteiger partial charge in [-0.05, 0) is 26.3 Å². The van der Waals surface area contributed by atoms with Crippen molar-refractivity contribution in [1.82, 2.24) is 5.32 Å². The minimum absolute atomic E-state index is 0.983. The van der Waals surface area contributed by atoms with Gasteiger partial charge in [0, 0.05) is 12.2 Å². The predicted octanol–water partition coefficient (Wildman–Crippen LogP) is 6.18. The van der Waals surface area contributed by atoms with Crippen LogP contribution < -0.4 is 5.32 Å². The van der Waals surface area contributed by atoms with Crippen LogP contribution in [-0.4, -0.2) is 6.54 Å². The summed E-state index contributed by atoms with van der Waals surface area (Å²) in [5.74, 6) is 0. The predicted molar refractivity (Wildman–Crippen MR) is 87.6 cm³/mol. The van der Waals surface area contributed by atoms with E-state index < -0.39 is 0 Å². The van der Waals surface area contributed by atoms with Crippen LogP contribution in [0.5, 0.6) is 0 Å². The third kappa shape index (κ3) is 39.3. The smallest absolute Gasteiger partial charge is 0.0115 e. The minimum Gasteiger partial charge on any atom is -0.389 e. The van der Waals surface area contributed by atoms with Crippen LogP contribution in [0.4, 0.5) is 0 Å². The molecule has 0 aromatic rings. The maximum Gasteiger partial charge on any atom is 0.0115 e. The van der Waals surface area contributed by atoms with Gasteiger partial charge >= 0.3 is 0 Å². The van der Waals surface area contributed by atoms with E-state index in [2.05, 4.69) is 25.7 Å². The number of hydrogen-bond donors (Lipinski definition) is 1. The number of rotatable bonds is 3. The summed E-state index contributed by atoms with van der Waals surface area (Å²) in [6, 6.07) is 0.